The van der Waals surface area contributed by atoms with Gasteiger partial charge in [-0.1, -0.05) is 47.6 Å². The number of ether oxygens (including phenoxy) is 2. The van der Waals surface area contributed by atoms with Crippen molar-refractivity contribution in [1.29, 1.82) is 0 Å². The van der Waals surface area contributed by atoms with E-state index >= 15 is 0 Å². The number of rotatable bonds is 8. The molecule has 3 aromatic rings. The van der Waals surface area contributed by atoms with E-state index in [-0.39, 0.29) is 23.4 Å². The lowest BCUT2D eigenvalue weighted by atomic mass is 10.1. The first-order chi connectivity index (χ1) is 17.0. The fraction of sp³-hybridized carbons (Fsp3) is 0.320. The molecule has 0 saturated carbocycles. The Morgan fingerprint density at radius 2 is 1.83 bits per heavy atom. The zero-order chi connectivity index (χ0) is 24.8. The van der Waals surface area contributed by atoms with E-state index in [0.29, 0.717) is 43.5 Å². The number of aromatic nitrogens is 2. The molecule has 0 radical (unpaired) electrons. The molecule has 2 heterocycles. The third kappa shape index (κ3) is 5.83. The molecular weight excluding hydrogens is 458 g/mol. The van der Waals surface area contributed by atoms with Crippen LogP contribution in [0, 0.1) is 0 Å². The van der Waals surface area contributed by atoms with Gasteiger partial charge in [0.05, 0.1) is 13.2 Å². The molecule has 1 saturated heterocycles. The zero-order valence-corrected chi connectivity index (χ0v) is 19.4. The average molecular weight is 485 g/mol. The minimum Gasteiger partial charge on any atom is -0.493 e. The van der Waals surface area contributed by atoms with Crippen LogP contribution in [0.2, 0.25) is 0 Å². The summed E-state index contributed by atoms with van der Waals surface area (Å²) in [4.78, 5) is 21.1. The highest BCUT2D eigenvalue weighted by atomic mass is 19.3. The lowest BCUT2D eigenvalue weighted by molar-refractivity contribution is -0.128. The first-order valence-electron chi connectivity index (χ1n) is 11.2. The van der Waals surface area contributed by atoms with E-state index in [4.69, 9.17) is 9.26 Å². The highest BCUT2D eigenvalue weighted by molar-refractivity contribution is 5.92. The van der Waals surface area contributed by atoms with Gasteiger partial charge in [0.2, 0.25) is 17.6 Å². The minimum absolute atomic E-state index is 0.0985. The third-order valence-electron chi connectivity index (χ3n) is 5.85. The van der Waals surface area contributed by atoms with Crippen molar-refractivity contribution in [2.45, 2.75) is 19.6 Å². The van der Waals surface area contributed by atoms with Gasteiger partial charge in [0, 0.05) is 43.4 Å². The standard InChI is InChI=1S/C25H26F2N4O4/c1-17(24-28-23(29-35-24)19-7-4-3-5-8-19)30-13-15-31(16-14-30)21(32)12-11-18-9-6-10-20(33-2)22(18)34-25(26)27/h3-12,17,25H,13-16H2,1-2H3/b12-11+. The molecule has 0 N–H and O–H groups in total. The summed E-state index contributed by atoms with van der Waals surface area (Å²) in [6.07, 6.45) is 2.82. The Hall–Kier alpha value is -3.79. The maximum Gasteiger partial charge on any atom is 0.387 e. The fourth-order valence-electron chi connectivity index (χ4n) is 3.90. The summed E-state index contributed by atoms with van der Waals surface area (Å²) in [7, 11) is 1.36. The number of carbonyl (C=O) groups is 1. The number of benzene rings is 2. The van der Waals surface area contributed by atoms with Crippen LogP contribution < -0.4 is 9.47 Å². The predicted octanol–water partition coefficient (Wildman–Crippen LogP) is 4.27. The van der Waals surface area contributed by atoms with Crippen molar-refractivity contribution in [2.75, 3.05) is 33.3 Å². The Morgan fingerprint density at radius 1 is 1.09 bits per heavy atom. The first-order valence-corrected chi connectivity index (χ1v) is 11.2. The minimum atomic E-state index is -3.01. The lowest BCUT2D eigenvalue weighted by Gasteiger charge is -2.36. The summed E-state index contributed by atoms with van der Waals surface area (Å²) in [6, 6.07) is 14.2. The van der Waals surface area contributed by atoms with Crippen molar-refractivity contribution in [1.82, 2.24) is 19.9 Å². The number of para-hydroxylation sites is 1. The summed E-state index contributed by atoms with van der Waals surface area (Å²) in [5.74, 6) is 0.903. The van der Waals surface area contributed by atoms with Gasteiger partial charge in [0.25, 0.3) is 0 Å². The molecule has 1 fully saturated rings. The number of carbonyl (C=O) groups excluding carboxylic acids is 1. The molecule has 0 spiro atoms. The van der Waals surface area contributed by atoms with Gasteiger partial charge >= 0.3 is 6.61 Å². The molecule has 4 rings (SSSR count). The second-order valence-electron chi connectivity index (χ2n) is 7.95. The molecule has 0 bridgehead atoms. The van der Waals surface area contributed by atoms with Crippen LogP contribution >= 0.6 is 0 Å². The van der Waals surface area contributed by atoms with Crippen molar-refractivity contribution in [3.05, 3.63) is 66.1 Å². The average Bonchev–Trinajstić information content (AvgIpc) is 3.38. The predicted molar refractivity (Wildman–Crippen MR) is 125 cm³/mol. The van der Waals surface area contributed by atoms with Crippen molar-refractivity contribution in [3.63, 3.8) is 0 Å². The second-order valence-corrected chi connectivity index (χ2v) is 7.95. The molecule has 1 amide bonds. The Bertz CT molecular complexity index is 1160. The molecule has 1 aliphatic heterocycles. The molecule has 1 aromatic heterocycles. The first kappa shape index (κ1) is 24.3. The molecule has 1 unspecified atom stereocenters. The molecule has 184 valence electrons. The Balaban J connectivity index is 1.36. The number of piperazine rings is 1. The summed E-state index contributed by atoms with van der Waals surface area (Å²) in [5, 5.41) is 4.08. The van der Waals surface area contributed by atoms with Crippen LogP contribution in [0.25, 0.3) is 17.5 Å². The van der Waals surface area contributed by atoms with Crippen LogP contribution in [0.3, 0.4) is 0 Å². The quantitative estimate of drug-likeness (QED) is 0.442. The number of methoxy groups -OCH3 is 1. The van der Waals surface area contributed by atoms with Crippen molar-refractivity contribution in [2.24, 2.45) is 0 Å². The van der Waals surface area contributed by atoms with Crippen LogP contribution in [0.1, 0.15) is 24.4 Å². The number of alkyl halides is 2. The number of amides is 1. The molecule has 35 heavy (non-hydrogen) atoms. The topological polar surface area (TPSA) is 80.9 Å². The maximum atomic E-state index is 12.8. The zero-order valence-electron chi connectivity index (χ0n) is 19.4. The number of halogens is 2. The van der Waals surface area contributed by atoms with Gasteiger partial charge < -0.3 is 18.9 Å². The van der Waals surface area contributed by atoms with Crippen molar-refractivity contribution in [3.8, 4) is 22.9 Å². The highest BCUT2D eigenvalue weighted by Crippen LogP contribution is 2.33. The largest absolute Gasteiger partial charge is 0.493 e. The smallest absolute Gasteiger partial charge is 0.387 e. The van der Waals surface area contributed by atoms with Gasteiger partial charge in [-0.15, -0.1) is 0 Å². The van der Waals surface area contributed by atoms with E-state index in [0.717, 1.165) is 5.56 Å². The van der Waals surface area contributed by atoms with Gasteiger partial charge in [-0.05, 0) is 19.1 Å². The highest BCUT2D eigenvalue weighted by Gasteiger charge is 2.27. The summed E-state index contributed by atoms with van der Waals surface area (Å²) in [6.45, 7) is 1.25. The van der Waals surface area contributed by atoms with E-state index in [1.54, 1.807) is 17.0 Å². The van der Waals surface area contributed by atoms with Crippen LogP contribution in [-0.2, 0) is 4.79 Å². The lowest BCUT2D eigenvalue weighted by Crippen LogP contribution is -2.48. The van der Waals surface area contributed by atoms with Crippen LogP contribution in [0.15, 0.2) is 59.1 Å². The van der Waals surface area contributed by atoms with Gasteiger partial charge in [0.1, 0.15) is 0 Å². The van der Waals surface area contributed by atoms with Crippen LogP contribution in [0.4, 0.5) is 8.78 Å². The molecule has 1 atom stereocenters. The van der Waals surface area contributed by atoms with E-state index in [1.807, 2.05) is 37.3 Å². The number of hydrogen-bond acceptors (Lipinski definition) is 7. The van der Waals surface area contributed by atoms with Crippen molar-refractivity contribution >= 4 is 12.0 Å². The van der Waals surface area contributed by atoms with E-state index < -0.39 is 6.61 Å². The molecule has 0 aliphatic carbocycles. The monoisotopic (exact) mass is 484 g/mol. The Labute approximate surface area is 201 Å². The van der Waals surface area contributed by atoms with E-state index in [9.17, 15) is 13.6 Å². The summed E-state index contributed by atoms with van der Waals surface area (Å²) >= 11 is 0. The molecule has 1 aliphatic rings. The van der Waals surface area contributed by atoms with E-state index in [1.165, 1.54) is 25.3 Å². The third-order valence-corrected chi connectivity index (χ3v) is 5.85. The van der Waals surface area contributed by atoms with Crippen LogP contribution in [-0.4, -0.2) is 65.7 Å². The Morgan fingerprint density at radius 3 is 2.51 bits per heavy atom. The molecular formula is C25H26F2N4O4. The van der Waals surface area contributed by atoms with Gasteiger partial charge in [0.15, 0.2) is 11.5 Å². The van der Waals surface area contributed by atoms with E-state index in [2.05, 4.69) is 19.8 Å². The molecule has 2 aromatic carbocycles. The number of nitrogens with zero attached hydrogens (tertiary/aromatic N) is 4. The normalized spacial score (nSPS) is 15.5. The number of hydrogen-bond donors (Lipinski definition) is 0. The summed E-state index contributed by atoms with van der Waals surface area (Å²) < 4.78 is 40.8. The van der Waals surface area contributed by atoms with Gasteiger partial charge in [-0.25, -0.2) is 0 Å². The SMILES string of the molecule is COc1cccc(/C=C/C(=O)N2CCN(C(C)c3nc(-c4ccccc4)no3)CC2)c1OC(F)F. The van der Waals surface area contributed by atoms with Gasteiger partial charge in [-0.3, -0.25) is 9.69 Å². The van der Waals surface area contributed by atoms with Gasteiger partial charge in [-0.2, -0.15) is 13.8 Å². The van der Waals surface area contributed by atoms with Crippen molar-refractivity contribution < 1.29 is 27.6 Å². The fourth-order valence-corrected chi connectivity index (χ4v) is 3.90. The summed E-state index contributed by atoms with van der Waals surface area (Å²) in [5.41, 5.74) is 1.21. The molecule has 10 heteroatoms. The Kier molecular flexibility index (Phi) is 7.71. The molecule has 8 nitrogen and oxygen atoms in total. The maximum absolute atomic E-state index is 12.8. The second kappa shape index (κ2) is 11.1. The van der Waals surface area contributed by atoms with Crippen LogP contribution in [0.5, 0.6) is 11.5 Å².